The van der Waals surface area contributed by atoms with E-state index in [0.29, 0.717) is 17.7 Å². The summed E-state index contributed by atoms with van der Waals surface area (Å²) in [4.78, 5) is 11.8. The van der Waals surface area contributed by atoms with Gasteiger partial charge < -0.3 is 4.74 Å². The summed E-state index contributed by atoms with van der Waals surface area (Å²) in [5.41, 5.74) is -0.798. The molecule has 1 atom stereocenters. The number of β-lactam (4-membered cyclic amide) rings is 1. The Morgan fingerprint density at radius 2 is 1.95 bits per heavy atom. The van der Waals surface area contributed by atoms with Crippen LogP contribution in [0.15, 0.2) is 24.3 Å². The molecule has 1 aromatic carbocycles. The molecule has 1 saturated heterocycles. The largest absolute Gasteiger partial charge is 0.487 e. The van der Waals surface area contributed by atoms with Crippen molar-refractivity contribution in [2.45, 2.75) is 37.8 Å². The third-order valence-electron chi connectivity index (χ3n) is 3.77. The Hall–Kier alpha value is -1.27. The minimum atomic E-state index is -4.12. The molecule has 1 spiro atoms. The zero-order valence-corrected chi connectivity index (χ0v) is 12.7. The number of carbonyl (C=O) groups is 1. The fourth-order valence-electron chi connectivity index (χ4n) is 3.28. The summed E-state index contributed by atoms with van der Waals surface area (Å²) in [6.07, 6.45) is 0.511. The number of fused-ring (bicyclic) bond motifs is 2. The molecule has 108 valence electrons. The van der Waals surface area contributed by atoms with Crippen LogP contribution >= 0.6 is 10.7 Å². The third-order valence-corrected chi connectivity index (χ3v) is 5.17. The summed E-state index contributed by atoms with van der Waals surface area (Å²) < 4.78 is 30.2. The van der Waals surface area contributed by atoms with Crippen LogP contribution in [0.25, 0.3) is 0 Å². The standard InChI is InChI=1S/C13H14ClNO4S/c1-12(2)8-13(7-11(16)15(13)20(14,17)18)9-5-3-4-6-10(9)19-12/h3-6H,7-8H2,1-2H3. The van der Waals surface area contributed by atoms with Crippen LogP contribution in [0.1, 0.15) is 32.3 Å². The van der Waals surface area contributed by atoms with Gasteiger partial charge in [-0.25, -0.2) is 4.31 Å². The van der Waals surface area contributed by atoms with Gasteiger partial charge in [0.15, 0.2) is 0 Å². The van der Waals surface area contributed by atoms with Crippen molar-refractivity contribution in [2.75, 3.05) is 0 Å². The Kier molecular flexibility index (Phi) is 2.66. The monoisotopic (exact) mass is 315 g/mol. The van der Waals surface area contributed by atoms with Crippen LogP contribution in [0.4, 0.5) is 0 Å². The smallest absolute Gasteiger partial charge is 0.324 e. The van der Waals surface area contributed by atoms with Gasteiger partial charge in [-0.1, -0.05) is 18.2 Å². The van der Waals surface area contributed by atoms with E-state index in [1.54, 1.807) is 18.2 Å². The molecular formula is C13H14ClNO4S. The van der Waals surface area contributed by atoms with Gasteiger partial charge >= 0.3 is 9.24 Å². The van der Waals surface area contributed by atoms with Gasteiger partial charge in [-0.15, -0.1) is 0 Å². The van der Waals surface area contributed by atoms with Crippen LogP contribution in [0.5, 0.6) is 5.75 Å². The fourth-order valence-corrected chi connectivity index (χ4v) is 4.86. The van der Waals surface area contributed by atoms with Crippen LogP contribution in [0.2, 0.25) is 0 Å². The number of carbonyl (C=O) groups excluding carboxylic acids is 1. The summed E-state index contributed by atoms with van der Waals surface area (Å²) in [5, 5.41) is 0. The average molecular weight is 316 g/mol. The number of benzene rings is 1. The Bertz CT molecular complexity index is 700. The van der Waals surface area contributed by atoms with E-state index in [9.17, 15) is 13.2 Å². The number of para-hydroxylation sites is 1. The number of ether oxygens (including phenoxy) is 1. The topological polar surface area (TPSA) is 63.7 Å². The highest BCUT2D eigenvalue weighted by atomic mass is 35.7. The molecule has 20 heavy (non-hydrogen) atoms. The summed E-state index contributed by atoms with van der Waals surface area (Å²) in [7, 11) is 1.33. The molecule has 0 N–H and O–H groups in total. The number of hydrogen-bond donors (Lipinski definition) is 0. The predicted octanol–water partition coefficient (Wildman–Crippen LogP) is 2.16. The van der Waals surface area contributed by atoms with E-state index < -0.39 is 26.3 Å². The van der Waals surface area contributed by atoms with Gasteiger partial charge in [-0.05, 0) is 19.9 Å². The highest BCUT2D eigenvalue weighted by molar-refractivity contribution is 8.12. The first-order valence-electron chi connectivity index (χ1n) is 6.22. The lowest BCUT2D eigenvalue weighted by molar-refractivity contribution is -0.152. The first kappa shape index (κ1) is 13.7. The molecule has 1 aromatic rings. The zero-order valence-electron chi connectivity index (χ0n) is 11.1. The molecule has 0 aliphatic carbocycles. The summed E-state index contributed by atoms with van der Waals surface area (Å²) >= 11 is 0. The molecule has 2 heterocycles. The Morgan fingerprint density at radius 1 is 1.30 bits per heavy atom. The van der Waals surface area contributed by atoms with Crippen LogP contribution < -0.4 is 4.74 Å². The van der Waals surface area contributed by atoms with E-state index in [2.05, 4.69) is 0 Å². The van der Waals surface area contributed by atoms with Crippen LogP contribution in [-0.4, -0.2) is 24.2 Å². The second-order valence-corrected chi connectivity index (χ2v) is 8.20. The van der Waals surface area contributed by atoms with E-state index in [4.69, 9.17) is 15.4 Å². The van der Waals surface area contributed by atoms with E-state index >= 15 is 0 Å². The van der Waals surface area contributed by atoms with Crippen molar-refractivity contribution < 1.29 is 17.9 Å². The lowest BCUT2D eigenvalue weighted by Gasteiger charge is -2.55. The Labute approximate surface area is 122 Å². The van der Waals surface area contributed by atoms with Crippen molar-refractivity contribution >= 4 is 25.8 Å². The molecule has 0 aromatic heterocycles. The maximum absolute atomic E-state index is 11.8. The number of amides is 1. The van der Waals surface area contributed by atoms with Gasteiger partial charge in [0, 0.05) is 22.7 Å². The first-order chi connectivity index (χ1) is 9.16. The number of rotatable bonds is 1. The molecule has 5 nitrogen and oxygen atoms in total. The van der Waals surface area contributed by atoms with Crippen molar-refractivity contribution in [2.24, 2.45) is 0 Å². The van der Waals surface area contributed by atoms with E-state index in [0.717, 1.165) is 4.31 Å². The number of halogens is 1. The van der Waals surface area contributed by atoms with Gasteiger partial charge in [-0.2, -0.15) is 8.42 Å². The quantitative estimate of drug-likeness (QED) is 0.588. The second kappa shape index (κ2) is 3.89. The molecule has 7 heteroatoms. The minimum Gasteiger partial charge on any atom is -0.487 e. The van der Waals surface area contributed by atoms with Crippen molar-refractivity contribution in [3.8, 4) is 5.75 Å². The minimum absolute atomic E-state index is 0.128. The number of hydrogen-bond acceptors (Lipinski definition) is 4. The molecule has 3 rings (SSSR count). The van der Waals surface area contributed by atoms with Crippen molar-refractivity contribution in [1.82, 2.24) is 4.31 Å². The van der Waals surface area contributed by atoms with Crippen molar-refractivity contribution in [1.29, 1.82) is 0 Å². The molecule has 1 unspecified atom stereocenters. The van der Waals surface area contributed by atoms with Gasteiger partial charge in [0.1, 0.15) is 16.9 Å². The van der Waals surface area contributed by atoms with Gasteiger partial charge in [-0.3, -0.25) is 4.79 Å². The van der Waals surface area contributed by atoms with Crippen molar-refractivity contribution in [3.63, 3.8) is 0 Å². The van der Waals surface area contributed by atoms with Crippen LogP contribution in [0, 0.1) is 0 Å². The molecule has 2 aliphatic heterocycles. The first-order valence-corrected chi connectivity index (χ1v) is 8.49. The third kappa shape index (κ3) is 1.82. The maximum atomic E-state index is 11.8. The van der Waals surface area contributed by atoms with E-state index in [-0.39, 0.29) is 6.42 Å². The molecule has 2 aliphatic rings. The average Bonchev–Trinajstić information content (AvgIpc) is 2.23. The molecule has 0 bridgehead atoms. The molecule has 1 fully saturated rings. The highest BCUT2D eigenvalue weighted by Gasteiger charge is 2.62. The zero-order chi connectivity index (χ0) is 14.8. The van der Waals surface area contributed by atoms with E-state index in [1.807, 2.05) is 19.9 Å². The highest BCUT2D eigenvalue weighted by Crippen LogP contribution is 2.55. The predicted molar refractivity (Wildman–Crippen MR) is 73.7 cm³/mol. The van der Waals surface area contributed by atoms with Crippen molar-refractivity contribution in [3.05, 3.63) is 29.8 Å². The van der Waals surface area contributed by atoms with Crippen LogP contribution in [0.3, 0.4) is 0 Å². The lowest BCUT2D eigenvalue weighted by atomic mass is 9.71. The fraction of sp³-hybridized carbons (Fsp3) is 0.462. The summed E-state index contributed by atoms with van der Waals surface area (Å²) in [6, 6.07) is 7.17. The Balaban J connectivity index is 2.21. The van der Waals surface area contributed by atoms with Gasteiger partial charge in [0.2, 0.25) is 5.91 Å². The molecular weight excluding hydrogens is 302 g/mol. The molecule has 1 amide bonds. The molecule has 0 radical (unpaired) electrons. The Morgan fingerprint density at radius 3 is 2.55 bits per heavy atom. The van der Waals surface area contributed by atoms with Gasteiger partial charge in [0.05, 0.1) is 6.42 Å². The molecule has 0 saturated carbocycles. The van der Waals surface area contributed by atoms with Crippen LogP contribution in [-0.2, 0) is 19.6 Å². The summed E-state index contributed by atoms with van der Waals surface area (Å²) in [5.74, 6) is 0.120. The summed E-state index contributed by atoms with van der Waals surface area (Å²) in [6.45, 7) is 3.74. The second-order valence-electron chi connectivity index (χ2n) is 5.84. The SMILES string of the molecule is CC1(C)CC2(CC(=O)N2S(=O)(=O)Cl)c2ccccc2O1. The van der Waals surface area contributed by atoms with E-state index in [1.165, 1.54) is 0 Å². The number of nitrogens with zero attached hydrogens (tertiary/aromatic N) is 1. The normalized spacial score (nSPS) is 27.8. The maximum Gasteiger partial charge on any atom is 0.324 e. The lowest BCUT2D eigenvalue weighted by Crippen LogP contribution is -2.66. The van der Waals surface area contributed by atoms with Gasteiger partial charge in [0.25, 0.3) is 0 Å².